The first-order valence-corrected chi connectivity index (χ1v) is 6.84. The van der Waals surface area contributed by atoms with Crippen molar-refractivity contribution in [1.82, 2.24) is 10.2 Å². The van der Waals surface area contributed by atoms with E-state index in [1.807, 2.05) is 14.1 Å². The molecule has 1 N–H and O–H groups in total. The standard InChI is InChI=1S/C14H28N2O/c1-14(2)9-7-12(8-10-14)15-11-5-6-13(17)16(3)4/h12,15H,5-11H2,1-4H3. The molecule has 1 aliphatic carbocycles. The molecule has 100 valence electrons. The molecule has 17 heavy (non-hydrogen) atoms. The van der Waals surface area contributed by atoms with Gasteiger partial charge in [-0.05, 0) is 44.1 Å². The number of carbonyl (C=O) groups excluding carboxylic acids is 1. The second-order valence-electron chi connectivity index (χ2n) is 6.28. The maximum Gasteiger partial charge on any atom is 0.222 e. The Morgan fingerprint density at radius 2 is 1.88 bits per heavy atom. The van der Waals surface area contributed by atoms with Gasteiger partial charge in [-0.1, -0.05) is 13.8 Å². The van der Waals surface area contributed by atoms with Gasteiger partial charge in [-0.25, -0.2) is 0 Å². The molecule has 1 fully saturated rings. The number of carbonyl (C=O) groups is 1. The zero-order valence-corrected chi connectivity index (χ0v) is 11.9. The van der Waals surface area contributed by atoms with Crippen molar-refractivity contribution in [2.75, 3.05) is 20.6 Å². The molecular formula is C14H28N2O. The van der Waals surface area contributed by atoms with Gasteiger partial charge in [0.15, 0.2) is 0 Å². The minimum atomic E-state index is 0.233. The van der Waals surface area contributed by atoms with E-state index in [1.165, 1.54) is 25.7 Å². The zero-order chi connectivity index (χ0) is 12.9. The Hall–Kier alpha value is -0.570. The van der Waals surface area contributed by atoms with Crippen LogP contribution in [0.5, 0.6) is 0 Å². The molecule has 0 aliphatic heterocycles. The summed E-state index contributed by atoms with van der Waals surface area (Å²) in [4.78, 5) is 13.0. The first kappa shape index (κ1) is 14.5. The molecular weight excluding hydrogens is 212 g/mol. The molecule has 0 unspecified atom stereocenters. The topological polar surface area (TPSA) is 32.3 Å². The van der Waals surface area contributed by atoms with Gasteiger partial charge >= 0.3 is 0 Å². The number of hydrogen-bond acceptors (Lipinski definition) is 2. The predicted molar refractivity (Wildman–Crippen MR) is 72.0 cm³/mol. The van der Waals surface area contributed by atoms with E-state index in [-0.39, 0.29) is 5.91 Å². The highest BCUT2D eigenvalue weighted by Gasteiger charge is 2.26. The molecule has 1 aliphatic rings. The molecule has 0 spiro atoms. The van der Waals surface area contributed by atoms with Gasteiger partial charge in [0.2, 0.25) is 5.91 Å². The Balaban J connectivity index is 2.06. The summed E-state index contributed by atoms with van der Waals surface area (Å²) in [5.74, 6) is 0.233. The van der Waals surface area contributed by atoms with E-state index in [2.05, 4.69) is 19.2 Å². The fraction of sp³-hybridized carbons (Fsp3) is 0.929. The molecule has 0 bridgehead atoms. The van der Waals surface area contributed by atoms with Gasteiger partial charge in [0.05, 0.1) is 0 Å². The summed E-state index contributed by atoms with van der Waals surface area (Å²) in [7, 11) is 3.64. The molecule has 1 amide bonds. The largest absolute Gasteiger partial charge is 0.349 e. The third-order valence-corrected chi connectivity index (χ3v) is 3.84. The molecule has 0 heterocycles. The lowest BCUT2D eigenvalue weighted by molar-refractivity contribution is -0.128. The molecule has 0 aromatic carbocycles. The third kappa shape index (κ3) is 5.53. The second-order valence-corrected chi connectivity index (χ2v) is 6.28. The van der Waals surface area contributed by atoms with Gasteiger partial charge in [-0.3, -0.25) is 4.79 Å². The lowest BCUT2D eigenvalue weighted by atomic mass is 9.75. The number of nitrogens with one attached hydrogen (secondary N) is 1. The molecule has 3 nitrogen and oxygen atoms in total. The van der Waals surface area contributed by atoms with Gasteiger partial charge in [-0.15, -0.1) is 0 Å². The molecule has 1 saturated carbocycles. The van der Waals surface area contributed by atoms with E-state index in [0.717, 1.165) is 13.0 Å². The van der Waals surface area contributed by atoms with Gasteiger partial charge < -0.3 is 10.2 Å². The van der Waals surface area contributed by atoms with Crippen LogP contribution in [0.4, 0.5) is 0 Å². The molecule has 0 aromatic heterocycles. The molecule has 0 aromatic rings. The second kappa shape index (κ2) is 6.39. The number of rotatable bonds is 5. The summed E-state index contributed by atoms with van der Waals surface area (Å²) in [6.45, 7) is 5.70. The van der Waals surface area contributed by atoms with E-state index in [4.69, 9.17) is 0 Å². The molecule has 0 radical (unpaired) electrons. The number of amides is 1. The lowest BCUT2D eigenvalue weighted by Gasteiger charge is -2.34. The van der Waals surface area contributed by atoms with Crippen molar-refractivity contribution >= 4 is 5.91 Å². The third-order valence-electron chi connectivity index (χ3n) is 3.84. The van der Waals surface area contributed by atoms with Gasteiger partial charge in [0.1, 0.15) is 0 Å². The van der Waals surface area contributed by atoms with Crippen LogP contribution in [0.15, 0.2) is 0 Å². The summed E-state index contributed by atoms with van der Waals surface area (Å²) < 4.78 is 0. The van der Waals surface area contributed by atoms with Gasteiger partial charge in [0.25, 0.3) is 0 Å². The molecule has 0 saturated heterocycles. The first-order chi connectivity index (χ1) is 7.91. The molecule has 0 atom stereocenters. The highest BCUT2D eigenvalue weighted by Crippen LogP contribution is 2.34. The van der Waals surface area contributed by atoms with Crippen LogP contribution in [0.1, 0.15) is 52.4 Å². The predicted octanol–water partition coefficient (Wildman–Crippen LogP) is 2.41. The fourth-order valence-electron chi connectivity index (χ4n) is 2.37. The van der Waals surface area contributed by atoms with E-state index in [0.29, 0.717) is 17.9 Å². The summed E-state index contributed by atoms with van der Waals surface area (Å²) in [5.41, 5.74) is 0.541. The quantitative estimate of drug-likeness (QED) is 0.749. The van der Waals surface area contributed by atoms with E-state index in [1.54, 1.807) is 4.90 Å². The zero-order valence-electron chi connectivity index (χ0n) is 11.9. The monoisotopic (exact) mass is 240 g/mol. The van der Waals surface area contributed by atoms with Crippen LogP contribution in [-0.2, 0) is 4.79 Å². The minimum absolute atomic E-state index is 0.233. The van der Waals surface area contributed by atoms with Crippen LogP contribution < -0.4 is 5.32 Å². The Morgan fingerprint density at radius 1 is 1.29 bits per heavy atom. The number of nitrogens with zero attached hydrogens (tertiary/aromatic N) is 1. The molecule has 3 heteroatoms. The van der Waals surface area contributed by atoms with Gasteiger partial charge in [-0.2, -0.15) is 0 Å². The smallest absolute Gasteiger partial charge is 0.222 e. The number of hydrogen-bond donors (Lipinski definition) is 1. The highest BCUT2D eigenvalue weighted by molar-refractivity contribution is 5.75. The highest BCUT2D eigenvalue weighted by atomic mass is 16.2. The SMILES string of the molecule is CN(C)C(=O)CCCNC1CCC(C)(C)CC1. The normalized spacial score (nSPS) is 20.2. The van der Waals surface area contributed by atoms with Crippen LogP contribution >= 0.6 is 0 Å². The summed E-state index contributed by atoms with van der Waals surface area (Å²) in [6, 6.07) is 0.678. The van der Waals surface area contributed by atoms with Crippen LogP contribution in [0.2, 0.25) is 0 Å². The fourth-order valence-corrected chi connectivity index (χ4v) is 2.37. The van der Waals surface area contributed by atoms with Crippen LogP contribution in [-0.4, -0.2) is 37.5 Å². The lowest BCUT2D eigenvalue weighted by Crippen LogP contribution is -2.36. The van der Waals surface area contributed by atoms with Crippen LogP contribution in [0, 0.1) is 5.41 Å². The van der Waals surface area contributed by atoms with E-state index in [9.17, 15) is 4.79 Å². The summed E-state index contributed by atoms with van der Waals surface area (Å²) in [5, 5.41) is 3.58. The van der Waals surface area contributed by atoms with Crippen molar-refractivity contribution in [1.29, 1.82) is 0 Å². The van der Waals surface area contributed by atoms with Crippen molar-refractivity contribution in [3.05, 3.63) is 0 Å². The van der Waals surface area contributed by atoms with Crippen molar-refractivity contribution in [3.63, 3.8) is 0 Å². The van der Waals surface area contributed by atoms with Crippen molar-refractivity contribution < 1.29 is 4.79 Å². The average molecular weight is 240 g/mol. The van der Waals surface area contributed by atoms with Crippen molar-refractivity contribution in [2.24, 2.45) is 5.41 Å². The summed E-state index contributed by atoms with van der Waals surface area (Å²) >= 11 is 0. The van der Waals surface area contributed by atoms with Crippen LogP contribution in [0.3, 0.4) is 0 Å². The van der Waals surface area contributed by atoms with E-state index >= 15 is 0 Å². The van der Waals surface area contributed by atoms with Crippen molar-refractivity contribution in [2.45, 2.75) is 58.4 Å². The average Bonchev–Trinajstić information content (AvgIpc) is 2.25. The van der Waals surface area contributed by atoms with E-state index < -0.39 is 0 Å². The van der Waals surface area contributed by atoms with Crippen molar-refractivity contribution in [3.8, 4) is 0 Å². The Kier molecular flexibility index (Phi) is 5.44. The maximum absolute atomic E-state index is 11.4. The summed E-state index contributed by atoms with van der Waals surface area (Å²) in [6.07, 6.45) is 6.83. The maximum atomic E-state index is 11.4. The van der Waals surface area contributed by atoms with Gasteiger partial charge in [0, 0.05) is 26.6 Å². The molecule has 1 rings (SSSR count). The Bertz CT molecular complexity index is 239. The Morgan fingerprint density at radius 3 is 2.41 bits per heavy atom. The minimum Gasteiger partial charge on any atom is -0.349 e. The first-order valence-electron chi connectivity index (χ1n) is 6.84. The Labute approximate surface area is 106 Å². The van der Waals surface area contributed by atoms with Crippen LogP contribution in [0.25, 0.3) is 0 Å².